The molecular formula is C19H19N3O3S2. The maximum absolute atomic E-state index is 12.3. The van der Waals surface area contributed by atoms with Gasteiger partial charge in [-0.15, -0.1) is 11.3 Å². The van der Waals surface area contributed by atoms with Crippen LogP contribution in [0.25, 0.3) is 10.6 Å². The van der Waals surface area contributed by atoms with Gasteiger partial charge in [0.05, 0.1) is 23.9 Å². The molecule has 4 rings (SSSR count). The lowest BCUT2D eigenvalue weighted by Crippen LogP contribution is -2.46. The monoisotopic (exact) mass is 401 g/mol. The van der Waals surface area contributed by atoms with Crippen molar-refractivity contribution in [3.8, 4) is 10.6 Å². The van der Waals surface area contributed by atoms with Crippen molar-refractivity contribution in [1.29, 1.82) is 0 Å². The van der Waals surface area contributed by atoms with Gasteiger partial charge in [-0.1, -0.05) is 0 Å². The summed E-state index contributed by atoms with van der Waals surface area (Å²) in [6.07, 6.45) is 4.77. The summed E-state index contributed by atoms with van der Waals surface area (Å²) in [5.74, 6) is -0.0336. The lowest BCUT2D eigenvalue weighted by atomic mass is 10.0. The molecule has 27 heavy (non-hydrogen) atoms. The van der Waals surface area contributed by atoms with Crippen molar-refractivity contribution in [1.82, 2.24) is 15.2 Å². The fourth-order valence-electron chi connectivity index (χ4n) is 3.15. The number of thiazole rings is 1. The number of rotatable bonds is 5. The van der Waals surface area contributed by atoms with Gasteiger partial charge in [0, 0.05) is 35.5 Å². The smallest absolute Gasteiger partial charge is 0.257 e. The third kappa shape index (κ3) is 4.28. The molecule has 0 spiro atoms. The third-order valence-electron chi connectivity index (χ3n) is 4.58. The number of nitrogens with zero attached hydrogens (tertiary/aromatic N) is 2. The van der Waals surface area contributed by atoms with Gasteiger partial charge >= 0.3 is 0 Å². The molecule has 3 aromatic heterocycles. The first-order chi connectivity index (χ1) is 13.2. The zero-order valence-corrected chi connectivity index (χ0v) is 16.2. The lowest BCUT2D eigenvalue weighted by molar-refractivity contribution is -0.121. The Bertz CT molecular complexity index is 895. The highest BCUT2D eigenvalue weighted by molar-refractivity contribution is 7.14. The molecule has 0 aliphatic carbocycles. The van der Waals surface area contributed by atoms with E-state index in [2.05, 4.69) is 15.7 Å². The van der Waals surface area contributed by atoms with Gasteiger partial charge in [0.25, 0.3) is 5.91 Å². The Kier molecular flexibility index (Phi) is 5.35. The molecule has 0 saturated carbocycles. The number of furan rings is 1. The molecule has 1 aliphatic rings. The van der Waals surface area contributed by atoms with E-state index in [1.54, 1.807) is 33.6 Å². The standard InChI is InChI=1S/C19H19N3O3S2/c23-17(9-16-12-27-18(21-16)14-4-8-26-11-14)20-15-1-5-22(6-2-15)19(24)13-3-7-25-10-13/h3-4,7-8,10-12,15H,1-2,5-6,9H2,(H,20,23). The summed E-state index contributed by atoms with van der Waals surface area (Å²) in [5, 5.41) is 10.0. The normalized spacial score (nSPS) is 15.0. The largest absolute Gasteiger partial charge is 0.472 e. The summed E-state index contributed by atoms with van der Waals surface area (Å²) in [4.78, 5) is 31.0. The highest BCUT2D eigenvalue weighted by Gasteiger charge is 2.25. The summed E-state index contributed by atoms with van der Waals surface area (Å²) >= 11 is 3.20. The second-order valence-corrected chi connectivity index (χ2v) is 8.12. The van der Waals surface area contributed by atoms with E-state index < -0.39 is 0 Å². The van der Waals surface area contributed by atoms with Crippen molar-refractivity contribution in [2.45, 2.75) is 25.3 Å². The zero-order chi connectivity index (χ0) is 18.6. The number of hydrogen-bond donors (Lipinski definition) is 1. The number of likely N-dealkylation sites (tertiary alicyclic amines) is 1. The van der Waals surface area contributed by atoms with Crippen molar-refractivity contribution >= 4 is 34.5 Å². The Morgan fingerprint density at radius 3 is 2.81 bits per heavy atom. The van der Waals surface area contributed by atoms with E-state index >= 15 is 0 Å². The van der Waals surface area contributed by atoms with Gasteiger partial charge in [0.15, 0.2) is 0 Å². The summed E-state index contributed by atoms with van der Waals surface area (Å²) in [6, 6.07) is 3.81. The predicted octanol–water partition coefficient (Wildman–Crippen LogP) is 3.43. The van der Waals surface area contributed by atoms with Crippen LogP contribution < -0.4 is 5.32 Å². The minimum Gasteiger partial charge on any atom is -0.472 e. The number of thiophene rings is 1. The fraction of sp³-hybridized carbons (Fsp3) is 0.316. The summed E-state index contributed by atoms with van der Waals surface area (Å²) in [6.45, 7) is 1.27. The first-order valence-electron chi connectivity index (χ1n) is 8.77. The van der Waals surface area contributed by atoms with E-state index in [1.165, 1.54) is 12.5 Å². The van der Waals surface area contributed by atoms with E-state index in [0.29, 0.717) is 18.7 Å². The zero-order valence-electron chi connectivity index (χ0n) is 14.6. The molecule has 8 heteroatoms. The Hall–Kier alpha value is -2.45. The average molecular weight is 402 g/mol. The minimum atomic E-state index is -0.0169. The summed E-state index contributed by atoms with van der Waals surface area (Å²) in [5.41, 5.74) is 2.47. The van der Waals surface area contributed by atoms with E-state index in [0.717, 1.165) is 29.1 Å². The quantitative estimate of drug-likeness (QED) is 0.711. The molecule has 2 amide bonds. The molecule has 140 valence electrons. The third-order valence-corrected chi connectivity index (χ3v) is 6.20. The molecule has 1 fully saturated rings. The molecule has 1 N–H and O–H groups in total. The second-order valence-electron chi connectivity index (χ2n) is 6.48. The van der Waals surface area contributed by atoms with Gasteiger partial charge in [0.2, 0.25) is 5.91 Å². The van der Waals surface area contributed by atoms with E-state index in [4.69, 9.17) is 4.42 Å². The Labute approximate surface area is 164 Å². The number of carbonyl (C=O) groups is 2. The predicted molar refractivity (Wildman–Crippen MR) is 105 cm³/mol. The van der Waals surface area contributed by atoms with Gasteiger partial charge in [-0.05, 0) is 30.4 Å². The van der Waals surface area contributed by atoms with Crippen LogP contribution in [0.2, 0.25) is 0 Å². The van der Waals surface area contributed by atoms with Crippen molar-refractivity contribution in [3.05, 3.63) is 52.1 Å². The maximum atomic E-state index is 12.3. The molecule has 0 radical (unpaired) electrons. The Balaban J connectivity index is 1.25. The van der Waals surface area contributed by atoms with Crippen LogP contribution in [-0.2, 0) is 11.2 Å². The molecule has 6 nitrogen and oxygen atoms in total. The molecular weight excluding hydrogens is 382 g/mol. The summed E-state index contributed by atoms with van der Waals surface area (Å²) < 4.78 is 4.97. The molecule has 0 atom stereocenters. The SMILES string of the molecule is O=C(Cc1csc(-c2ccsc2)n1)NC1CCN(C(=O)c2ccoc2)CC1. The highest BCUT2D eigenvalue weighted by atomic mass is 32.1. The van der Waals surface area contributed by atoms with Crippen LogP contribution in [0.3, 0.4) is 0 Å². The number of piperidine rings is 1. The number of nitrogens with one attached hydrogen (secondary N) is 1. The van der Waals surface area contributed by atoms with E-state index in [-0.39, 0.29) is 24.3 Å². The van der Waals surface area contributed by atoms with Gasteiger partial charge in [-0.3, -0.25) is 9.59 Å². The number of carbonyl (C=O) groups excluding carboxylic acids is 2. The maximum Gasteiger partial charge on any atom is 0.257 e. The van der Waals surface area contributed by atoms with Crippen molar-refractivity contribution in [2.75, 3.05) is 13.1 Å². The van der Waals surface area contributed by atoms with Crippen molar-refractivity contribution < 1.29 is 14.0 Å². The van der Waals surface area contributed by atoms with Crippen LogP contribution >= 0.6 is 22.7 Å². The second kappa shape index (κ2) is 8.06. The van der Waals surface area contributed by atoms with Crippen molar-refractivity contribution in [3.63, 3.8) is 0 Å². The van der Waals surface area contributed by atoms with Gasteiger partial charge in [-0.25, -0.2) is 4.98 Å². The van der Waals surface area contributed by atoms with Gasteiger partial charge in [-0.2, -0.15) is 11.3 Å². The van der Waals surface area contributed by atoms with Crippen LogP contribution in [0.1, 0.15) is 28.9 Å². The molecule has 1 aliphatic heterocycles. The minimum absolute atomic E-state index is 0.0167. The van der Waals surface area contributed by atoms with Gasteiger partial charge < -0.3 is 14.6 Å². The number of amides is 2. The summed E-state index contributed by atoms with van der Waals surface area (Å²) in [7, 11) is 0. The van der Waals surface area contributed by atoms with Gasteiger partial charge in [0.1, 0.15) is 11.3 Å². The molecule has 0 unspecified atom stereocenters. The molecule has 4 heterocycles. The highest BCUT2D eigenvalue weighted by Crippen LogP contribution is 2.25. The first-order valence-corrected chi connectivity index (χ1v) is 10.6. The topological polar surface area (TPSA) is 75.4 Å². The van der Waals surface area contributed by atoms with Crippen LogP contribution in [0, 0.1) is 0 Å². The first kappa shape index (κ1) is 17.9. The Morgan fingerprint density at radius 2 is 2.11 bits per heavy atom. The number of aromatic nitrogens is 1. The van der Waals surface area contributed by atoms with Crippen LogP contribution in [0.4, 0.5) is 0 Å². The molecule has 1 saturated heterocycles. The lowest BCUT2D eigenvalue weighted by Gasteiger charge is -2.32. The van der Waals surface area contributed by atoms with Crippen molar-refractivity contribution in [2.24, 2.45) is 0 Å². The fourth-order valence-corrected chi connectivity index (χ4v) is 4.68. The number of hydrogen-bond acceptors (Lipinski definition) is 6. The van der Waals surface area contributed by atoms with Crippen LogP contribution in [0.15, 0.2) is 45.2 Å². The van der Waals surface area contributed by atoms with E-state index in [9.17, 15) is 9.59 Å². The molecule has 0 aromatic carbocycles. The van der Waals surface area contributed by atoms with Crippen LogP contribution in [-0.4, -0.2) is 40.8 Å². The average Bonchev–Trinajstić information content (AvgIpc) is 3.43. The van der Waals surface area contributed by atoms with E-state index in [1.807, 2.05) is 16.8 Å². The molecule has 3 aromatic rings. The molecule has 0 bridgehead atoms. The Morgan fingerprint density at radius 1 is 1.26 bits per heavy atom. The van der Waals surface area contributed by atoms with Crippen LogP contribution in [0.5, 0.6) is 0 Å².